The molecular weight excluding hydrogens is 541 g/mol. The number of oxime groups is 1. The second-order valence-corrected chi connectivity index (χ2v) is 9.55. The van der Waals surface area contributed by atoms with Crippen LogP contribution >= 0.6 is 0 Å². The highest BCUT2D eigenvalue weighted by molar-refractivity contribution is 6.02. The lowest BCUT2D eigenvalue weighted by Gasteiger charge is -2.31. The number of halogens is 1. The fraction of sp³-hybridized carbons (Fsp3) is 0.481. The molecule has 2 N–H and O–H groups in total. The Hall–Kier alpha value is -4.17. The van der Waals surface area contributed by atoms with Crippen LogP contribution in [-0.2, 0) is 35.2 Å². The lowest BCUT2D eigenvalue weighted by atomic mass is 10.0. The molecule has 4 unspecified atom stereocenters. The summed E-state index contributed by atoms with van der Waals surface area (Å²) in [5.74, 6) is -1.41. The summed E-state index contributed by atoms with van der Waals surface area (Å²) in [5, 5.41) is 9.60. The Morgan fingerprint density at radius 3 is 2.63 bits per heavy atom. The first kappa shape index (κ1) is 29.8. The molecule has 13 nitrogen and oxygen atoms in total. The number of nitrogens with zero attached hydrogens (tertiary/aromatic N) is 3. The maximum Gasteiger partial charge on any atom is 0.303 e. The van der Waals surface area contributed by atoms with E-state index in [-0.39, 0.29) is 43.9 Å². The van der Waals surface area contributed by atoms with Gasteiger partial charge in [-0.05, 0) is 37.6 Å². The standard InChI is InChI=1S/C27H32FN5O8/c1-14(40-16(3)34)26(35)30-11-18-12-39-25(13-38-18)24-9-21(33-41-24)20-8-22(32-15(2)31-20)27(36)29-10-17-5-6-19(28)23(7-17)37-4/h5-8,14,18,24-25H,9-13H2,1-4H3,(H,29,36)(H,30,35). The molecule has 0 bridgehead atoms. The van der Waals surface area contributed by atoms with Crippen molar-refractivity contribution < 1.29 is 42.6 Å². The van der Waals surface area contributed by atoms with Crippen molar-refractivity contribution in [1.29, 1.82) is 0 Å². The smallest absolute Gasteiger partial charge is 0.303 e. The summed E-state index contributed by atoms with van der Waals surface area (Å²) < 4.78 is 35.2. The van der Waals surface area contributed by atoms with Crippen LogP contribution in [0.2, 0.25) is 0 Å². The first-order valence-electron chi connectivity index (χ1n) is 13.0. The van der Waals surface area contributed by atoms with E-state index < -0.39 is 41.9 Å². The third-order valence-corrected chi connectivity index (χ3v) is 6.35. The number of rotatable bonds is 10. The van der Waals surface area contributed by atoms with Gasteiger partial charge in [-0.1, -0.05) is 11.2 Å². The van der Waals surface area contributed by atoms with Crippen LogP contribution in [0.25, 0.3) is 0 Å². The highest BCUT2D eigenvalue weighted by atomic mass is 19.1. The molecular formula is C27H32FN5O8. The summed E-state index contributed by atoms with van der Waals surface area (Å²) in [6.07, 6.45) is -1.72. The molecule has 41 heavy (non-hydrogen) atoms. The number of hydrogen-bond donors (Lipinski definition) is 2. The van der Waals surface area contributed by atoms with Crippen molar-refractivity contribution in [3.05, 3.63) is 52.9 Å². The predicted molar refractivity (Wildman–Crippen MR) is 141 cm³/mol. The van der Waals surface area contributed by atoms with Gasteiger partial charge in [-0.2, -0.15) is 0 Å². The molecule has 4 rings (SSSR count). The number of nitrogens with one attached hydrogen (secondary N) is 2. The summed E-state index contributed by atoms with van der Waals surface area (Å²) >= 11 is 0. The fourth-order valence-corrected chi connectivity index (χ4v) is 4.22. The van der Waals surface area contributed by atoms with Gasteiger partial charge in [0.1, 0.15) is 23.3 Å². The lowest BCUT2D eigenvalue weighted by molar-refractivity contribution is -0.171. The average Bonchev–Trinajstić information content (AvgIpc) is 3.45. The topological polar surface area (TPSA) is 160 Å². The summed E-state index contributed by atoms with van der Waals surface area (Å²) in [6, 6.07) is 5.88. The van der Waals surface area contributed by atoms with Gasteiger partial charge in [-0.25, -0.2) is 14.4 Å². The van der Waals surface area contributed by atoms with Crippen molar-refractivity contribution in [1.82, 2.24) is 20.6 Å². The van der Waals surface area contributed by atoms with Crippen LogP contribution in [-0.4, -0.2) is 84.7 Å². The number of hydrogen-bond acceptors (Lipinski definition) is 11. The zero-order valence-corrected chi connectivity index (χ0v) is 23.1. The Morgan fingerprint density at radius 2 is 1.93 bits per heavy atom. The molecule has 1 aromatic carbocycles. The monoisotopic (exact) mass is 573 g/mol. The maximum atomic E-state index is 13.7. The molecule has 4 atom stereocenters. The van der Waals surface area contributed by atoms with Crippen molar-refractivity contribution in [2.24, 2.45) is 5.16 Å². The van der Waals surface area contributed by atoms with Crippen LogP contribution in [0.15, 0.2) is 29.4 Å². The zero-order valence-electron chi connectivity index (χ0n) is 23.1. The number of methoxy groups -OCH3 is 1. The number of ether oxygens (including phenoxy) is 4. The third-order valence-electron chi connectivity index (χ3n) is 6.35. The lowest BCUT2D eigenvalue weighted by Crippen LogP contribution is -2.48. The molecule has 3 heterocycles. The molecule has 0 radical (unpaired) electrons. The molecule has 2 aliphatic rings. The average molecular weight is 574 g/mol. The number of esters is 1. The Balaban J connectivity index is 1.27. The number of benzene rings is 1. The van der Waals surface area contributed by atoms with E-state index in [1.165, 1.54) is 39.2 Å². The van der Waals surface area contributed by atoms with E-state index in [4.69, 9.17) is 23.8 Å². The van der Waals surface area contributed by atoms with Gasteiger partial charge < -0.3 is 34.4 Å². The van der Waals surface area contributed by atoms with E-state index in [2.05, 4.69) is 25.8 Å². The van der Waals surface area contributed by atoms with E-state index in [0.717, 1.165) is 0 Å². The number of carbonyl (C=O) groups excluding carboxylic acids is 3. The normalized spacial score (nSPS) is 20.8. The number of amides is 2. The number of aromatic nitrogens is 2. The van der Waals surface area contributed by atoms with Crippen molar-refractivity contribution in [2.75, 3.05) is 26.9 Å². The Kier molecular flexibility index (Phi) is 9.78. The van der Waals surface area contributed by atoms with E-state index >= 15 is 0 Å². The molecule has 0 saturated carbocycles. The summed E-state index contributed by atoms with van der Waals surface area (Å²) in [6.45, 7) is 5.18. The molecule has 1 saturated heterocycles. The second kappa shape index (κ2) is 13.5. The largest absolute Gasteiger partial charge is 0.494 e. The van der Waals surface area contributed by atoms with Crippen LogP contribution in [0.5, 0.6) is 5.75 Å². The van der Waals surface area contributed by atoms with Gasteiger partial charge in [0.05, 0.1) is 32.1 Å². The third kappa shape index (κ3) is 7.95. The molecule has 220 valence electrons. The highest BCUT2D eigenvalue weighted by Gasteiger charge is 2.36. The van der Waals surface area contributed by atoms with Gasteiger partial charge >= 0.3 is 5.97 Å². The minimum absolute atomic E-state index is 0.0891. The number of aryl methyl sites for hydroxylation is 1. The Bertz CT molecular complexity index is 1310. The zero-order chi connectivity index (χ0) is 29.5. The van der Waals surface area contributed by atoms with E-state index in [9.17, 15) is 18.8 Å². The van der Waals surface area contributed by atoms with Crippen LogP contribution in [0.4, 0.5) is 4.39 Å². The quantitative estimate of drug-likeness (QED) is 0.396. The first-order chi connectivity index (χ1) is 19.6. The van der Waals surface area contributed by atoms with Crippen LogP contribution < -0.4 is 15.4 Å². The van der Waals surface area contributed by atoms with E-state index in [1.807, 2.05) is 0 Å². The molecule has 0 aliphatic carbocycles. The van der Waals surface area contributed by atoms with Crippen molar-refractivity contribution >= 4 is 23.5 Å². The van der Waals surface area contributed by atoms with Crippen molar-refractivity contribution in [3.8, 4) is 5.75 Å². The Labute approximate surface area is 235 Å². The van der Waals surface area contributed by atoms with Crippen molar-refractivity contribution in [3.63, 3.8) is 0 Å². The molecule has 1 fully saturated rings. The van der Waals surface area contributed by atoms with Crippen LogP contribution in [0.3, 0.4) is 0 Å². The summed E-state index contributed by atoms with van der Waals surface area (Å²) in [7, 11) is 1.37. The minimum atomic E-state index is -0.900. The van der Waals surface area contributed by atoms with E-state index in [1.54, 1.807) is 13.0 Å². The highest BCUT2D eigenvalue weighted by Crippen LogP contribution is 2.23. The number of carbonyl (C=O) groups is 3. The summed E-state index contributed by atoms with van der Waals surface area (Å²) in [4.78, 5) is 50.1. The first-order valence-corrected chi connectivity index (χ1v) is 13.0. The van der Waals surface area contributed by atoms with Gasteiger partial charge in [0, 0.05) is 26.4 Å². The molecule has 14 heteroatoms. The maximum absolute atomic E-state index is 13.7. The van der Waals surface area contributed by atoms with Gasteiger partial charge in [-0.15, -0.1) is 0 Å². The van der Waals surface area contributed by atoms with Gasteiger partial charge in [0.25, 0.3) is 11.8 Å². The molecule has 2 aromatic rings. The molecule has 0 spiro atoms. The SMILES string of the molecule is COc1cc(CNC(=O)c2cc(C3=NOC(C4COC(CNC(=O)C(C)OC(C)=O)CO4)C3)nc(C)n2)ccc1F. The van der Waals surface area contributed by atoms with Crippen LogP contribution in [0, 0.1) is 12.7 Å². The minimum Gasteiger partial charge on any atom is -0.494 e. The molecule has 2 aliphatic heterocycles. The molecule has 1 aromatic heterocycles. The van der Waals surface area contributed by atoms with E-state index in [0.29, 0.717) is 29.2 Å². The van der Waals surface area contributed by atoms with Gasteiger partial charge in [0.15, 0.2) is 23.8 Å². The van der Waals surface area contributed by atoms with Crippen molar-refractivity contribution in [2.45, 2.75) is 58.2 Å². The summed E-state index contributed by atoms with van der Waals surface area (Å²) in [5.41, 5.74) is 1.80. The van der Waals surface area contributed by atoms with Crippen LogP contribution in [0.1, 0.15) is 47.8 Å². The second-order valence-electron chi connectivity index (χ2n) is 9.55. The fourth-order valence-electron chi connectivity index (χ4n) is 4.22. The van der Waals surface area contributed by atoms with Gasteiger partial charge in [-0.3, -0.25) is 14.4 Å². The molecule has 2 amide bonds. The Morgan fingerprint density at radius 1 is 1.12 bits per heavy atom. The predicted octanol–water partition coefficient (Wildman–Crippen LogP) is 1.21. The van der Waals surface area contributed by atoms with Gasteiger partial charge in [0.2, 0.25) is 0 Å².